The lowest BCUT2D eigenvalue weighted by Gasteiger charge is -2.29. The fourth-order valence-electron chi connectivity index (χ4n) is 3.52. The number of rotatable bonds is 5. The smallest absolute Gasteiger partial charge is 0.234 e. The average molecular weight is 448 g/mol. The Kier molecular flexibility index (Phi) is 5.73. The molecule has 0 bridgehead atoms. The molecule has 1 aliphatic rings. The van der Waals surface area contributed by atoms with Gasteiger partial charge in [0.25, 0.3) is 0 Å². The normalized spacial score (nSPS) is 15.9. The SMILES string of the molecule is CS(=O)(=O)N1CCC(Oc2cc(-c3ccc(Cl)cc3)n(-c3ccccc3O)n2)CC1. The van der Waals surface area contributed by atoms with E-state index >= 15 is 0 Å². The topological polar surface area (TPSA) is 84.7 Å². The number of hydrogen-bond donors (Lipinski definition) is 1. The van der Waals surface area contributed by atoms with Crippen LogP contribution < -0.4 is 4.74 Å². The van der Waals surface area contributed by atoms with Crippen molar-refractivity contribution >= 4 is 21.6 Å². The maximum Gasteiger partial charge on any atom is 0.234 e. The molecule has 0 radical (unpaired) electrons. The van der Waals surface area contributed by atoms with Gasteiger partial charge in [0.05, 0.1) is 11.9 Å². The quantitative estimate of drug-likeness (QED) is 0.644. The summed E-state index contributed by atoms with van der Waals surface area (Å²) in [6, 6.07) is 16.1. The third kappa shape index (κ3) is 4.45. The van der Waals surface area contributed by atoms with Gasteiger partial charge in [-0.05, 0) is 37.1 Å². The average Bonchev–Trinajstić information content (AvgIpc) is 3.12. The second-order valence-electron chi connectivity index (χ2n) is 7.25. The van der Waals surface area contributed by atoms with Crippen molar-refractivity contribution in [2.24, 2.45) is 0 Å². The summed E-state index contributed by atoms with van der Waals surface area (Å²) in [6.45, 7) is 0.849. The molecule has 7 nitrogen and oxygen atoms in total. The summed E-state index contributed by atoms with van der Waals surface area (Å²) in [5.41, 5.74) is 2.15. The monoisotopic (exact) mass is 447 g/mol. The van der Waals surface area contributed by atoms with E-state index in [0.29, 0.717) is 42.5 Å². The van der Waals surface area contributed by atoms with E-state index in [0.717, 1.165) is 11.3 Å². The van der Waals surface area contributed by atoms with E-state index in [4.69, 9.17) is 16.3 Å². The van der Waals surface area contributed by atoms with Crippen LogP contribution in [0.25, 0.3) is 16.9 Å². The number of hydrogen-bond acceptors (Lipinski definition) is 5. The molecule has 3 aromatic rings. The van der Waals surface area contributed by atoms with Crippen LogP contribution in [0.1, 0.15) is 12.8 Å². The van der Waals surface area contributed by atoms with Gasteiger partial charge in [-0.1, -0.05) is 35.9 Å². The summed E-state index contributed by atoms with van der Waals surface area (Å²) in [6.07, 6.45) is 2.27. The Morgan fingerprint density at radius 3 is 2.40 bits per heavy atom. The highest BCUT2D eigenvalue weighted by atomic mass is 35.5. The highest BCUT2D eigenvalue weighted by Crippen LogP contribution is 2.32. The fraction of sp³-hybridized carbons (Fsp3) is 0.286. The van der Waals surface area contributed by atoms with Gasteiger partial charge in [-0.3, -0.25) is 0 Å². The zero-order valence-corrected chi connectivity index (χ0v) is 18.0. The molecule has 1 N–H and O–H groups in total. The number of sulfonamides is 1. The van der Waals surface area contributed by atoms with E-state index in [2.05, 4.69) is 5.10 Å². The van der Waals surface area contributed by atoms with E-state index in [1.54, 1.807) is 35.0 Å². The van der Waals surface area contributed by atoms with Crippen molar-refractivity contribution in [3.05, 3.63) is 59.6 Å². The Bertz CT molecular complexity index is 1140. The van der Waals surface area contributed by atoms with Crippen LogP contribution in [0.2, 0.25) is 5.02 Å². The van der Waals surface area contributed by atoms with Crippen LogP contribution in [0.3, 0.4) is 0 Å². The van der Waals surface area contributed by atoms with E-state index in [1.165, 1.54) is 10.6 Å². The van der Waals surface area contributed by atoms with Crippen molar-refractivity contribution in [2.45, 2.75) is 18.9 Å². The van der Waals surface area contributed by atoms with Crippen molar-refractivity contribution in [3.63, 3.8) is 0 Å². The van der Waals surface area contributed by atoms with Gasteiger partial charge in [-0.2, -0.15) is 0 Å². The maximum absolute atomic E-state index is 11.7. The number of benzene rings is 2. The van der Waals surface area contributed by atoms with Gasteiger partial charge in [0.1, 0.15) is 17.5 Å². The molecule has 9 heteroatoms. The van der Waals surface area contributed by atoms with Crippen molar-refractivity contribution in [1.82, 2.24) is 14.1 Å². The molecule has 2 heterocycles. The van der Waals surface area contributed by atoms with Crippen LogP contribution in [0.15, 0.2) is 54.6 Å². The Hall–Kier alpha value is -2.55. The first-order chi connectivity index (χ1) is 14.3. The zero-order chi connectivity index (χ0) is 21.3. The third-order valence-electron chi connectivity index (χ3n) is 5.09. The maximum atomic E-state index is 11.7. The van der Waals surface area contributed by atoms with Crippen molar-refractivity contribution < 1.29 is 18.3 Å². The van der Waals surface area contributed by atoms with E-state index in [-0.39, 0.29) is 11.9 Å². The minimum Gasteiger partial charge on any atom is -0.506 e. The first kappa shape index (κ1) is 20.7. The number of halogens is 1. The van der Waals surface area contributed by atoms with Gasteiger partial charge >= 0.3 is 0 Å². The Morgan fingerprint density at radius 1 is 1.10 bits per heavy atom. The number of piperidine rings is 1. The lowest BCUT2D eigenvalue weighted by atomic mass is 10.1. The number of para-hydroxylation sites is 2. The summed E-state index contributed by atoms with van der Waals surface area (Å²) in [5.74, 6) is 0.518. The van der Waals surface area contributed by atoms with Crippen LogP contribution >= 0.6 is 11.6 Å². The Morgan fingerprint density at radius 2 is 1.77 bits per heavy atom. The van der Waals surface area contributed by atoms with E-state index < -0.39 is 10.0 Å². The summed E-state index contributed by atoms with van der Waals surface area (Å²) in [4.78, 5) is 0. The van der Waals surface area contributed by atoms with Crippen molar-refractivity contribution in [1.29, 1.82) is 0 Å². The molecular formula is C21H22ClN3O4S. The second kappa shape index (κ2) is 8.29. The van der Waals surface area contributed by atoms with Crippen LogP contribution in [0, 0.1) is 0 Å². The molecular weight excluding hydrogens is 426 g/mol. The lowest BCUT2D eigenvalue weighted by Crippen LogP contribution is -2.41. The number of ether oxygens (including phenoxy) is 1. The lowest BCUT2D eigenvalue weighted by molar-refractivity contribution is 0.129. The standard InChI is InChI=1S/C21H22ClN3O4S/c1-30(27,28)24-12-10-17(11-13-24)29-21-14-19(15-6-8-16(22)9-7-15)25(23-21)18-4-2-3-5-20(18)26/h2-9,14,17,26H,10-13H2,1H3. The minimum absolute atomic E-state index is 0.101. The molecule has 4 rings (SSSR count). The number of aromatic nitrogens is 2. The summed E-state index contributed by atoms with van der Waals surface area (Å²) in [7, 11) is -3.19. The molecule has 0 spiro atoms. The largest absolute Gasteiger partial charge is 0.506 e. The van der Waals surface area contributed by atoms with Gasteiger partial charge in [0.2, 0.25) is 15.9 Å². The van der Waals surface area contributed by atoms with E-state index in [9.17, 15) is 13.5 Å². The zero-order valence-electron chi connectivity index (χ0n) is 16.4. The van der Waals surface area contributed by atoms with Gasteiger partial charge in [-0.25, -0.2) is 17.4 Å². The molecule has 0 saturated carbocycles. The van der Waals surface area contributed by atoms with E-state index in [1.807, 2.05) is 24.3 Å². The molecule has 1 aromatic heterocycles. The number of phenols is 1. The van der Waals surface area contributed by atoms with Gasteiger partial charge in [0, 0.05) is 29.7 Å². The predicted octanol–water partition coefficient (Wildman–Crippen LogP) is 3.70. The molecule has 0 unspecified atom stereocenters. The third-order valence-corrected chi connectivity index (χ3v) is 6.65. The first-order valence-corrected chi connectivity index (χ1v) is 11.8. The van der Waals surface area contributed by atoms with Crippen molar-refractivity contribution in [3.8, 4) is 28.6 Å². The Balaban J connectivity index is 1.63. The highest BCUT2D eigenvalue weighted by Gasteiger charge is 2.27. The molecule has 158 valence electrons. The molecule has 30 heavy (non-hydrogen) atoms. The minimum atomic E-state index is -3.19. The summed E-state index contributed by atoms with van der Waals surface area (Å²) in [5, 5.41) is 15.5. The summed E-state index contributed by atoms with van der Waals surface area (Å²) < 4.78 is 32.6. The molecule has 0 amide bonds. The second-order valence-corrected chi connectivity index (χ2v) is 9.67. The molecule has 1 fully saturated rings. The van der Waals surface area contributed by atoms with Crippen LogP contribution in [-0.4, -0.2) is 53.1 Å². The summed E-state index contributed by atoms with van der Waals surface area (Å²) >= 11 is 6.03. The van der Waals surface area contributed by atoms with Gasteiger partial charge in [0.15, 0.2) is 0 Å². The number of aromatic hydroxyl groups is 1. The van der Waals surface area contributed by atoms with Gasteiger partial charge in [-0.15, -0.1) is 5.10 Å². The number of nitrogens with zero attached hydrogens (tertiary/aromatic N) is 3. The van der Waals surface area contributed by atoms with Crippen LogP contribution in [-0.2, 0) is 10.0 Å². The molecule has 2 aromatic carbocycles. The molecule has 0 aliphatic carbocycles. The Labute approximate surface area is 180 Å². The van der Waals surface area contributed by atoms with Crippen molar-refractivity contribution in [2.75, 3.05) is 19.3 Å². The fourth-order valence-corrected chi connectivity index (χ4v) is 4.52. The molecule has 0 atom stereocenters. The van der Waals surface area contributed by atoms with Crippen LogP contribution in [0.5, 0.6) is 11.6 Å². The van der Waals surface area contributed by atoms with Gasteiger partial charge < -0.3 is 9.84 Å². The van der Waals surface area contributed by atoms with Crippen LogP contribution in [0.4, 0.5) is 0 Å². The highest BCUT2D eigenvalue weighted by molar-refractivity contribution is 7.88. The first-order valence-electron chi connectivity index (χ1n) is 9.57. The molecule has 1 saturated heterocycles. The predicted molar refractivity (Wildman–Crippen MR) is 116 cm³/mol. The number of phenolic OH excluding ortho intramolecular Hbond substituents is 1. The molecule has 1 aliphatic heterocycles.